The summed E-state index contributed by atoms with van der Waals surface area (Å²) in [5.74, 6) is 0.973. The molecule has 0 amide bonds. The van der Waals surface area contributed by atoms with E-state index in [9.17, 15) is 0 Å². The minimum absolute atomic E-state index is 0.262. The van der Waals surface area contributed by atoms with Gasteiger partial charge in [-0.25, -0.2) is 4.98 Å². The molecule has 0 spiro atoms. The number of allylic oxidation sites excluding steroid dienone is 1. The van der Waals surface area contributed by atoms with Gasteiger partial charge >= 0.3 is 0 Å². The molecule has 8 nitrogen and oxygen atoms in total. The van der Waals surface area contributed by atoms with E-state index in [2.05, 4.69) is 207 Å². The topological polar surface area (TPSA) is 77.8 Å². The second-order valence-corrected chi connectivity index (χ2v) is 17.6. The summed E-state index contributed by atoms with van der Waals surface area (Å²) in [5, 5.41) is 8.56. The number of fused-ring (bicyclic) bond motifs is 9. The molecule has 7 heterocycles. The van der Waals surface area contributed by atoms with Crippen LogP contribution in [0.15, 0.2) is 236 Å². The third-order valence-electron chi connectivity index (χ3n) is 13.6. The minimum atomic E-state index is -0.262. The highest BCUT2D eigenvalue weighted by atomic mass is 15.2. The molecule has 1 N–H and O–H groups in total. The van der Waals surface area contributed by atoms with E-state index in [4.69, 9.17) is 19.9 Å². The Bertz CT molecular complexity index is 4220. The van der Waals surface area contributed by atoms with E-state index in [0.717, 1.165) is 101 Å². The van der Waals surface area contributed by atoms with Crippen LogP contribution in [-0.2, 0) is 0 Å². The van der Waals surface area contributed by atoms with Crippen molar-refractivity contribution in [3.8, 4) is 33.8 Å². The smallest absolute Gasteiger partial charge is 0.146 e. The van der Waals surface area contributed by atoms with E-state index >= 15 is 0 Å². The van der Waals surface area contributed by atoms with Crippen LogP contribution in [0.2, 0.25) is 0 Å². The molecule has 1 unspecified atom stereocenters. The number of aliphatic imine (C=N–C) groups is 1. The van der Waals surface area contributed by atoms with Gasteiger partial charge in [0.25, 0.3) is 0 Å². The Labute approximate surface area is 396 Å². The Kier molecular flexibility index (Phi) is 8.78. The molecular weight excluding hydrogens is 845 g/mol. The Morgan fingerprint density at radius 2 is 1.03 bits per heavy atom. The van der Waals surface area contributed by atoms with Gasteiger partial charge in [0.05, 0.1) is 56.4 Å². The molecule has 7 aromatic carbocycles. The van der Waals surface area contributed by atoms with E-state index in [1.165, 1.54) is 21.5 Å². The number of hydrogen-bond donors (Lipinski definition) is 1. The third-order valence-corrected chi connectivity index (χ3v) is 13.6. The van der Waals surface area contributed by atoms with E-state index in [0.29, 0.717) is 0 Å². The van der Waals surface area contributed by atoms with Crippen molar-refractivity contribution in [3.63, 3.8) is 0 Å². The lowest BCUT2D eigenvalue weighted by molar-refractivity contribution is 0.646. The van der Waals surface area contributed by atoms with Crippen LogP contribution in [0.1, 0.15) is 17.3 Å². The average Bonchev–Trinajstić information content (AvgIpc) is 4.06. The number of pyridine rings is 3. The molecule has 0 radical (unpaired) electrons. The van der Waals surface area contributed by atoms with E-state index in [-0.39, 0.29) is 6.17 Å². The fraction of sp³-hybridized carbons (Fsp3) is 0.0164. The van der Waals surface area contributed by atoms with Gasteiger partial charge in [0, 0.05) is 51.3 Å². The SMILES string of the molecule is C1=C(n2c3ccccc3c3ccc(-c4ccc5c(c4)c4ccccc4n5-c4cncc(-c5ccc6c(n5)c5ncccc5n6-c5ccccc5)c4)cc32)NC(c2ccccc2)N=C1c1ccccc1. The number of benzene rings is 7. The summed E-state index contributed by atoms with van der Waals surface area (Å²) in [7, 11) is 0. The maximum Gasteiger partial charge on any atom is 0.146 e. The van der Waals surface area contributed by atoms with Crippen LogP contribution in [0.4, 0.5) is 0 Å². The minimum Gasteiger partial charge on any atom is -0.346 e. The van der Waals surface area contributed by atoms with Gasteiger partial charge in [-0.2, -0.15) is 0 Å². The van der Waals surface area contributed by atoms with Gasteiger partial charge in [0.1, 0.15) is 23.0 Å². The van der Waals surface area contributed by atoms with Gasteiger partial charge in [-0.05, 0) is 95.1 Å². The van der Waals surface area contributed by atoms with Crippen LogP contribution in [0.3, 0.4) is 0 Å². The summed E-state index contributed by atoms with van der Waals surface area (Å²) >= 11 is 0. The van der Waals surface area contributed by atoms with Crippen LogP contribution in [0.5, 0.6) is 0 Å². The average molecular weight is 885 g/mol. The number of nitrogens with zero attached hydrogens (tertiary/aromatic N) is 7. The molecule has 69 heavy (non-hydrogen) atoms. The first-order valence-electron chi connectivity index (χ1n) is 23.2. The van der Waals surface area contributed by atoms with Crippen molar-refractivity contribution in [2.45, 2.75) is 6.17 Å². The predicted molar refractivity (Wildman–Crippen MR) is 282 cm³/mol. The number of rotatable bonds is 7. The second kappa shape index (κ2) is 15.6. The van der Waals surface area contributed by atoms with Crippen LogP contribution in [0.25, 0.3) is 105 Å². The molecule has 0 bridgehead atoms. The van der Waals surface area contributed by atoms with Crippen molar-refractivity contribution < 1.29 is 0 Å². The van der Waals surface area contributed by atoms with Crippen molar-refractivity contribution in [1.29, 1.82) is 0 Å². The highest BCUT2D eigenvalue weighted by Gasteiger charge is 2.24. The van der Waals surface area contributed by atoms with Gasteiger partial charge in [0.2, 0.25) is 0 Å². The molecule has 0 saturated heterocycles. The predicted octanol–water partition coefficient (Wildman–Crippen LogP) is 14.1. The number of para-hydroxylation sites is 3. The maximum absolute atomic E-state index is 5.27. The van der Waals surface area contributed by atoms with Crippen molar-refractivity contribution in [2.75, 3.05) is 0 Å². The van der Waals surface area contributed by atoms with Crippen LogP contribution in [0, 0.1) is 0 Å². The molecule has 14 rings (SSSR count). The largest absolute Gasteiger partial charge is 0.346 e. The molecule has 8 heteroatoms. The summed E-state index contributed by atoms with van der Waals surface area (Å²) in [5.41, 5.74) is 17.4. The van der Waals surface area contributed by atoms with Gasteiger partial charge in [-0.15, -0.1) is 0 Å². The zero-order valence-electron chi connectivity index (χ0n) is 37.1. The molecular formula is C61H40N8. The van der Waals surface area contributed by atoms with Crippen molar-refractivity contribution in [3.05, 3.63) is 242 Å². The lowest BCUT2D eigenvalue weighted by atomic mass is 10.0. The molecule has 13 aromatic rings. The standard InChI is InChI=1S/C61H40N8/c1-4-15-39(16-5-1)51-36-58(66-61(65-51)40-17-6-2-7-18-40)69-53-24-13-10-21-46(53)48-28-26-42(35-57(48)69)41-27-30-54-49(34-41)47-22-11-12-23-52(47)68(54)45-33-43(37-62-38-45)50-29-31-56-60(64-50)59-55(25-14-32-63-59)67(56)44-19-8-3-9-20-44/h1-38,61,66H. The highest BCUT2D eigenvalue weighted by Crippen LogP contribution is 2.40. The number of nitrogens with one attached hydrogen (secondary N) is 1. The summed E-state index contributed by atoms with van der Waals surface area (Å²) in [4.78, 5) is 20.1. The molecule has 0 aliphatic carbocycles. The highest BCUT2D eigenvalue weighted by molar-refractivity contribution is 6.16. The third kappa shape index (κ3) is 6.30. The maximum atomic E-state index is 5.27. The fourth-order valence-corrected chi connectivity index (χ4v) is 10.5. The molecule has 324 valence electrons. The van der Waals surface area contributed by atoms with Gasteiger partial charge < -0.3 is 14.5 Å². The Balaban J connectivity index is 0.885. The molecule has 1 aliphatic heterocycles. The molecule has 1 atom stereocenters. The summed E-state index contributed by atoms with van der Waals surface area (Å²) < 4.78 is 6.93. The second-order valence-electron chi connectivity index (χ2n) is 17.6. The monoisotopic (exact) mass is 884 g/mol. The van der Waals surface area contributed by atoms with E-state index in [1.54, 1.807) is 0 Å². The molecule has 0 fully saturated rings. The number of hydrogen-bond acceptors (Lipinski definition) is 5. The van der Waals surface area contributed by atoms with Gasteiger partial charge in [-0.1, -0.05) is 133 Å². The van der Waals surface area contributed by atoms with Crippen LogP contribution >= 0.6 is 0 Å². The zero-order valence-corrected chi connectivity index (χ0v) is 37.1. The normalized spacial score (nSPS) is 13.9. The van der Waals surface area contributed by atoms with Gasteiger partial charge in [-0.3, -0.25) is 19.5 Å². The quantitative estimate of drug-likeness (QED) is 0.173. The number of aromatic nitrogens is 6. The van der Waals surface area contributed by atoms with Crippen LogP contribution in [-0.4, -0.2) is 34.4 Å². The molecule has 6 aromatic heterocycles. The fourth-order valence-electron chi connectivity index (χ4n) is 10.5. The van der Waals surface area contributed by atoms with E-state index < -0.39 is 0 Å². The van der Waals surface area contributed by atoms with E-state index in [1.807, 2.05) is 42.9 Å². The summed E-state index contributed by atoms with van der Waals surface area (Å²) in [6.07, 6.45) is 7.61. The first-order valence-corrected chi connectivity index (χ1v) is 23.2. The lowest BCUT2D eigenvalue weighted by Crippen LogP contribution is -2.27. The Hall–Kier alpha value is -9.40. The Morgan fingerprint density at radius 3 is 1.86 bits per heavy atom. The van der Waals surface area contributed by atoms with Gasteiger partial charge in [0.15, 0.2) is 0 Å². The summed E-state index contributed by atoms with van der Waals surface area (Å²) in [6.45, 7) is 0. The van der Waals surface area contributed by atoms with Crippen molar-refractivity contribution in [2.24, 2.45) is 4.99 Å². The first kappa shape index (κ1) is 38.8. The summed E-state index contributed by atoms with van der Waals surface area (Å²) in [6, 6.07) is 72.9. The first-order chi connectivity index (χ1) is 34.2. The zero-order chi connectivity index (χ0) is 45.4. The lowest BCUT2D eigenvalue weighted by Gasteiger charge is -2.26. The van der Waals surface area contributed by atoms with Crippen molar-refractivity contribution in [1.82, 2.24) is 34.0 Å². The Morgan fingerprint density at radius 1 is 0.406 bits per heavy atom. The van der Waals surface area contributed by atoms with Crippen molar-refractivity contribution >= 4 is 77.2 Å². The molecule has 1 aliphatic rings. The van der Waals surface area contributed by atoms with Crippen LogP contribution < -0.4 is 5.32 Å². The molecule has 0 saturated carbocycles.